The molecule has 0 radical (unpaired) electrons. The van der Waals surface area contributed by atoms with E-state index in [1.165, 1.54) is 5.56 Å². The van der Waals surface area contributed by atoms with E-state index in [4.69, 9.17) is 4.99 Å². The Kier molecular flexibility index (Phi) is 3.38. The third kappa shape index (κ3) is 2.23. The Bertz CT molecular complexity index is 808. The number of carbonyl (C=O) groups is 1. The van der Waals surface area contributed by atoms with Crippen LogP contribution < -0.4 is 5.32 Å². The molecular weight excluding hydrogens is 284 g/mol. The van der Waals surface area contributed by atoms with Crippen LogP contribution in [-0.4, -0.2) is 30.6 Å². The van der Waals surface area contributed by atoms with E-state index in [0.717, 1.165) is 41.1 Å². The van der Waals surface area contributed by atoms with Crippen LogP contribution in [0.5, 0.6) is 0 Å². The molecule has 116 valence electrons. The first-order chi connectivity index (χ1) is 11.2. The summed E-state index contributed by atoms with van der Waals surface area (Å²) in [5.41, 5.74) is 6.31. The van der Waals surface area contributed by atoms with Gasteiger partial charge in [0.2, 0.25) is 0 Å². The van der Waals surface area contributed by atoms with Gasteiger partial charge in [-0.1, -0.05) is 30.3 Å². The Labute approximate surface area is 136 Å². The summed E-state index contributed by atoms with van der Waals surface area (Å²) < 4.78 is 0. The number of rotatable bonds is 1. The van der Waals surface area contributed by atoms with Crippen LogP contribution in [0.25, 0.3) is 0 Å². The van der Waals surface area contributed by atoms with Crippen LogP contribution in [0, 0.1) is 13.8 Å². The van der Waals surface area contributed by atoms with Gasteiger partial charge < -0.3 is 5.32 Å². The smallest absolute Gasteiger partial charge is 0.172 e. The standard InChI is InChI=1S/C20H20N2O/c1-12-10-15-16(11-13(12)2)20(23)17(14-6-4-3-5-7-14)19-18(15)21-8-9-22-19/h3-7,10-11,17,19,22H,8-9H2,1-2H3. The zero-order valence-electron chi connectivity index (χ0n) is 13.5. The molecule has 1 aliphatic carbocycles. The second-order valence-corrected chi connectivity index (χ2v) is 6.43. The minimum absolute atomic E-state index is 0.0201. The molecule has 23 heavy (non-hydrogen) atoms. The molecule has 0 aromatic heterocycles. The Morgan fingerprint density at radius 3 is 2.48 bits per heavy atom. The molecule has 2 aliphatic rings. The maximum atomic E-state index is 13.2. The van der Waals surface area contributed by atoms with E-state index in [2.05, 4.69) is 25.2 Å². The van der Waals surface area contributed by atoms with Crippen molar-refractivity contribution >= 4 is 11.5 Å². The number of hydrogen-bond donors (Lipinski definition) is 1. The van der Waals surface area contributed by atoms with E-state index in [-0.39, 0.29) is 17.7 Å². The largest absolute Gasteiger partial charge is 0.306 e. The van der Waals surface area contributed by atoms with Crippen LogP contribution >= 0.6 is 0 Å². The molecule has 1 aliphatic heterocycles. The minimum Gasteiger partial charge on any atom is -0.306 e. The zero-order chi connectivity index (χ0) is 16.0. The van der Waals surface area contributed by atoms with Gasteiger partial charge in [-0.15, -0.1) is 0 Å². The van der Waals surface area contributed by atoms with Crippen LogP contribution in [0.15, 0.2) is 47.5 Å². The predicted octanol–water partition coefficient (Wildman–Crippen LogP) is 3.04. The molecule has 0 saturated carbocycles. The highest BCUT2D eigenvalue weighted by Crippen LogP contribution is 2.35. The van der Waals surface area contributed by atoms with Crippen molar-refractivity contribution in [1.82, 2.24) is 5.32 Å². The third-order valence-electron chi connectivity index (χ3n) is 5.00. The maximum Gasteiger partial charge on any atom is 0.172 e. The van der Waals surface area contributed by atoms with Gasteiger partial charge in [0, 0.05) is 17.7 Å². The van der Waals surface area contributed by atoms with E-state index in [0.29, 0.717) is 0 Å². The summed E-state index contributed by atoms with van der Waals surface area (Å²) in [5.74, 6) is 0.0116. The summed E-state index contributed by atoms with van der Waals surface area (Å²) in [6.07, 6.45) is 0. The van der Waals surface area contributed by atoms with Gasteiger partial charge in [0.1, 0.15) is 0 Å². The van der Waals surface area contributed by atoms with Crippen LogP contribution in [0.3, 0.4) is 0 Å². The average molecular weight is 304 g/mol. The molecule has 2 aromatic rings. The van der Waals surface area contributed by atoms with Gasteiger partial charge in [0.05, 0.1) is 24.2 Å². The fourth-order valence-corrected chi connectivity index (χ4v) is 3.67. The molecule has 0 saturated heterocycles. The minimum atomic E-state index is -0.190. The van der Waals surface area contributed by atoms with Crippen LogP contribution in [0.4, 0.5) is 0 Å². The van der Waals surface area contributed by atoms with Crippen LogP contribution in [0.2, 0.25) is 0 Å². The first-order valence-corrected chi connectivity index (χ1v) is 8.15. The molecule has 3 heteroatoms. The third-order valence-corrected chi connectivity index (χ3v) is 5.00. The van der Waals surface area contributed by atoms with Crippen molar-refractivity contribution in [3.05, 3.63) is 70.3 Å². The van der Waals surface area contributed by atoms with Crippen molar-refractivity contribution in [2.24, 2.45) is 4.99 Å². The molecule has 1 N–H and O–H groups in total. The van der Waals surface area contributed by atoms with Crippen LogP contribution in [-0.2, 0) is 0 Å². The Morgan fingerprint density at radius 1 is 1.04 bits per heavy atom. The quantitative estimate of drug-likeness (QED) is 0.880. The Balaban J connectivity index is 1.94. The molecule has 0 amide bonds. The molecule has 2 atom stereocenters. The lowest BCUT2D eigenvalue weighted by molar-refractivity contribution is 0.0945. The average Bonchev–Trinajstić information content (AvgIpc) is 2.58. The predicted molar refractivity (Wildman–Crippen MR) is 92.6 cm³/mol. The van der Waals surface area contributed by atoms with Gasteiger partial charge >= 0.3 is 0 Å². The number of ketones is 1. The molecule has 3 nitrogen and oxygen atoms in total. The summed E-state index contributed by atoms with van der Waals surface area (Å²) in [7, 11) is 0. The van der Waals surface area contributed by atoms with Gasteiger partial charge in [-0.3, -0.25) is 9.79 Å². The Hall–Kier alpha value is -2.26. The number of nitrogens with one attached hydrogen (secondary N) is 1. The first kappa shape index (κ1) is 14.3. The number of aryl methyl sites for hydroxylation is 2. The highest BCUT2D eigenvalue weighted by Gasteiger charge is 2.41. The summed E-state index contributed by atoms with van der Waals surface area (Å²) in [5, 5.41) is 3.52. The molecule has 0 fully saturated rings. The fraction of sp³-hybridized carbons (Fsp3) is 0.300. The van der Waals surface area contributed by atoms with Crippen molar-refractivity contribution in [3.63, 3.8) is 0 Å². The zero-order valence-corrected chi connectivity index (χ0v) is 13.5. The van der Waals surface area contributed by atoms with Crippen LogP contribution in [0.1, 0.15) is 38.5 Å². The highest BCUT2D eigenvalue weighted by atomic mass is 16.1. The molecular formula is C20H20N2O. The van der Waals surface area contributed by atoms with Gasteiger partial charge in [-0.05, 0) is 42.7 Å². The van der Waals surface area contributed by atoms with E-state index >= 15 is 0 Å². The summed E-state index contributed by atoms with van der Waals surface area (Å²) >= 11 is 0. The summed E-state index contributed by atoms with van der Waals surface area (Å²) in [4.78, 5) is 18.0. The fourth-order valence-electron chi connectivity index (χ4n) is 3.67. The lowest BCUT2D eigenvalue weighted by Gasteiger charge is -2.36. The maximum absolute atomic E-state index is 13.2. The lowest BCUT2D eigenvalue weighted by Crippen LogP contribution is -2.52. The van der Waals surface area contributed by atoms with Crippen molar-refractivity contribution in [2.75, 3.05) is 13.1 Å². The van der Waals surface area contributed by atoms with Gasteiger partial charge in [0.25, 0.3) is 0 Å². The number of nitrogens with zero attached hydrogens (tertiary/aromatic N) is 1. The second kappa shape index (κ2) is 5.43. The number of benzene rings is 2. The molecule has 1 heterocycles. The second-order valence-electron chi connectivity index (χ2n) is 6.43. The number of carbonyl (C=O) groups excluding carboxylic acids is 1. The summed E-state index contributed by atoms with van der Waals surface area (Å²) in [6.45, 7) is 5.75. The molecule has 0 spiro atoms. The number of aliphatic imine (C=N–C) groups is 1. The number of fused-ring (bicyclic) bond motifs is 3. The van der Waals surface area contributed by atoms with Crippen molar-refractivity contribution in [3.8, 4) is 0 Å². The summed E-state index contributed by atoms with van der Waals surface area (Å²) in [6, 6.07) is 14.2. The number of hydrogen-bond acceptors (Lipinski definition) is 3. The van der Waals surface area contributed by atoms with Crippen molar-refractivity contribution < 1.29 is 4.79 Å². The Morgan fingerprint density at radius 2 is 1.74 bits per heavy atom. The van der Waals surface area contributed by atoms with E-state index in [1.807, 2.05) is 36.4 Å². The molecule has 2 aromatic carbocycles. The number of Topliss-reactive ketones (excluding diaryl/α,β-unsaturated/α-hetero) is 1. The molecule has 4 rings (SSSR count). The SMILES string of the molecule is Cc1cc2c(cc1C)C1=NCCNC1C(c1ccccc1)C2=O. The molecule has 0 bridgehead atoms. The van der Waals surface area contributed by atoms with Gasteiger partial charge in [0.15, 0.2) is 5.78 Å². The van der Waals surface area contributed by atoms with Crippen molar-refractivity contribution in [1.29, 1.82) is 0 Å². The topological polar surface area (TPSA) is 41.5 Å². The lowest BCUT2D eigenvalue weighted by atomic mass is 9.73. The van der Waals surface area contributed by atoms with Crippen molar-refractivity contribution in [2.45, 2.75) is 25.8 Å². The van der Waals surface area contributed by atoms with Gasteiger partial charge in [-0.2, -0.15) is 0 Å². The highest BCUT2D eigenvalue weighted by molar-refractivity contribution is 6.21. The van der Waals surface area contributed by atoms with E-state index in [1.54, 1.807) is 0 Å². The van der Waals surface area contributed by atoms with E-state index < -0.39 is 0 Å². The monoisotopic (exact) mass is 304 g/mol. The normalized spacial score (nSPS) is 23.0. The van der Waals surface area contributed by atoms with E-state index in [9.17, 15) is 4.79 Å². The van der Waals surface area contributed by atoms with Gasteiger partial charge in [-0.25, -0.2) is 0 Å². The first-order valence-electron chi connectivity index (χ1n) is 8.15. The molecule has 2 unspecified atom stereocenters.